The van der Waals surface area contributed by atoms with Crippen LogP contribution in [0.15, 0.2) is 35.5 Å². The first-order valence-electron chi connectivity index (χ1n) is 9.14. The van der Waals surface area contributed by atoms with Gasteiger partial charge < -0.3 is 4.43 Å². The van der Waals surface area contributed by atoms with E-state index in [4.69, 9.17) is 4.43 Å². The third-order valence-electron chi connectivity index (χ3n) is 5.13. The summed E-state index contributed by atoms with van der Waals surface area (Å²) in [6, 6.07) is 9.02. The molecule has 0 N–H and O–H groups in total. The van der Waals surface area contributed by atoms with Gasteiger partial charge in [0, 0.05) is 6.61 Å². The molecule has 0 bridgehead atoms. The number of hydrogen-bond donors (Lipinski definition) is 0. The van der Waals surface area contributed by atoms with Crippen LogP contribution in [0.1, 0.15) is 34.1 Å². The monoisotopic (exact) mass is 410 g/mol. The van der Waals surface area contributed by atoms with Crippen LogP contribution in [0.5, 0.6) is 0 Å². The van der Waals surface area contributed by atoms with Crippen molar-refractivity contribution in [3.05, 3.63) is 30.3 Å². The molecule has 0 amide bonds. The summed E-state index contributed by atoms with van der Waals surface area (Å²) in [6.07, 6.45) is 0.499. The van der Waals surface area contributed by atoms with Gasteiger partial charge in [0.25, 0.3) is 5.16 Å². The third kappa shape index (κ3) is 5.46. The molecule has 0 unspecified atom stereocenters. The lowest BCUT2D eigenvalue weighted by molar-refractivity contribution is 0.235. The van der Waals surface area contributed by atoms with Gasteiger partial charge in [-0.25, -0.2) is 8.42 Å². The number of benzene rings is 1. The fourth-order valence-electron chi connectivity index (χ4n) is 2.20. The Kier molecular flexibility index (Phi) is 6.59. The maximum atomic E-state index is 12.8. The second kappa shape index (κ2) is 8.20. The van der Waals surface area contributed by atoms with E-state index in [9.17, 15) is 8.42 Å². The second-order valence-corrected chi connectivity index (χ2v) is 15.3. The average Bonchev–Trinajstić information content (AvgIpc) is 3.09. The molecule has 150 valence electrons. The number of nitrogens with zero attached hydrogens (tertiary/aromatic N) is 4. The first-order valence-corrected chi connectivity index (χ1v) is 13.7. The van der Waals surface area contributed by atoms with E-state index in [-0.39, 0.29) is 21.9 Å². The molecule has 9 heteroatoms. The first kappa shape index (κ1) is 21.7. The van der Waals surface area contributed by atoms with Crippen LogP contribution < -0.4 is 0 Å². The van der Waals surface area contributed by atoms with E-state index in [1.807, 2.05) is 25.1 Å². The molecule has 27 heavy (non-hydrogen) atoms. The molecule has 0 saturated carbocycles. The number of hydrogen-bond acceptors (Lipinski definition) is 6. The van der Waals surface area contributed by atoms with E-state index >= 15 is 0 Å². The first-order chi connectivity index (χ1) is 12.4. The van der Waals surface area contributed by atoms with Crippen molar-refractivity contribution in [2.45, 2.75) is 57.4 Å². The van der Waals surface area contributed by atoms with Gasteiger partial charge in [0.05, 0.1) is 11.4 Å². The minimum atomic E-state index is -3.59. The minimum absolute atomic E-state index is 0.0117. The molecule has 1 aromatic heterocycles. The highest BCUT2D eigenvalue weighted by molar-refractivity contribution is 7.91. The minimum Gasteiger partial charge on any atom is -0.417 e. The summed E-state index contributed by atoms with van der Waals surface area (Å²) < 4.78 is 33.0. The largest absolute Gasteiger partial charge is 0.417 e. The van der Waals surface area contributed by atoms with Crippen LogP contribution in [-0.2, 0) is 14.3 Å². The van der Waals surface area contributed by atoms with Crippen LogP contribution in [0.3, 0.4) is 0 Å². The molecule has 0 saturated heterocycles. The normalized spacial score (nSPS) is 14.3. The number of sulfone groups is 1. The zero-order valence-corrected chi connectivity index (χ0v) is 18.8. The maximum absolute atomic E-state index is 12.8. The summed E-state index contributed by atoms with van der Waals surface area (Å²) in [7, 11) is -5.43. The molecule has 7 nitrogen and oxygen atoms in total. The molecule has 0 aliphatic heterocycles. The molecule has 1 aromatic carbocycles. The Labute approximate surface area is 163 Å². The Bertz CT molecular complexity index is 845. The number of aromatic nitrogens is 4. The van der Waals surface area contributed by atoms with Crippen LogP contribution in [0.4, 0.5) is 0 Å². The molecule has 2 aromatic rings. The quantitative estimate of drug-likeness (QED) is 0.619. The lowest BCUT2D eigenvalue weighted by Gasteiger charge is -2.37. The Morgan fingerprint density at radius 3 is 2.41 bits per heavy atom. The summed E-state index contributed by atoms with van der Waals surface area (Å²) >= 11 is 0. The van der Waals surface area contributed by atoms with Crippen molar-refractivity contribution < 1.29 is 12.8 Å². The van der Waals surface area contributed by atoms with Crippen LogP contribution in [0.2, 0.25) is 18.1 Å². The molecule has 2 rings (SSSR count). The fraction of sp³-hybridized carbons (Fsp3) is 0.611. The van der Waals surface area contributed by atoms with Gasteiger partial charge in [-0.3, -0.25) is 0 Å². The Morgan fingerprint density at radius 1 is 1.19 bits per heavy atom. The van der Waals surface area contributed by atoms with Crippen LogP contribution in [0, 0.1) is 5.92 Å². The highest BCUT2D eigenvalue weighted by Crippen LogP contribution is 2.36. The average molecular weight is 411 g/mol. The van der Waals surface area contributed by atoms with Crippen molar-refractivity contribution in [1.82, 2.24) is 20.2 Å². The van der Waals surface area contributed by atoms with E-state index in [0.29, 0.717) is 18.7 Å². The molecule has 1 atom stereocenters. The van der Waals surface area contributed by atoms with Gasteiger partial charge in [0.15, 0.2) is 8.32 Å². The highest BCUT2D eigenvalue weighted by atomic mass is 32.2. The van der Waals surface area contributed by atoms with Crippen LogP contribution >= 0.6 is 0 Å². The van der Waals surface area contributed by atoms with Crippen LogP contribution in [-0.4, -0.2) is 49.3 Å². The maximum Gasteiger partial charge on any atom is 0.272 e. The standard InChI is InChI=1S/C18H30N4O3SSi/c1-15(14-25-27(5,6)18(2,3)4)12-13-26(23,24)17-19-20-21-22(17)16-10-8-7-9-11-16/h7-11,15H,12-14H2,1-6H3/t15-/m0/s1. The molecule has 0 fully saturated rings. The van der Waals surface area contributed by atoms with Crippen LogP contribution in [0.25, 0.3) is 5.69 Å². The molecule has 1 heterocycles. The summed E-state index contributed by atoms with van der Waals surface area (Å²) in [5.41, 5.74) is 0.621. The van der Waals surface area contributed by atoms with E-state index < -0.39 is 18.2 Å². The molecule has 0 aliphatic carbocycles. The van der Waals surface area contributed by atoms with E-state index in [2.05, 4.69) is 49.4 Å². The molecule has 0 radical (unpaired) electrons. The lowest BCUT2D eigenvalue weighted by Crippen LogP contribution is -2.41. The fourth-order valence-corrected chi connectivity index (χ4v) is 4.80. The number of para-hydroxylation sites is 1. The van der Waals surface area contributed by atoms with Gasteiger partial charge in [0.1, 0.15) is 0 Å². The molecule has 0 spiro atoms. The second-order valence-electron chi connectivity index (χ2n) is 8.49. The van der Waals surface area contributed by atoms with E-state index in [0.717, 1.165) is 0 Å². The lowest BCUT2D eigenvalue weighted by atomic mass is 10.1. The van der Waals surface area contributed by atoms with Crippen molar-refractivity contribution in [2.75, 3.05) is 12.4 Å². The summed E-state index contributed by atoms with van der Waals surface area (Å²) in [5.74, 6) is 0.123. The Balaban J connectivity index is 2.01. The van der Waals surface area contributed by atoms with Crippen molar-refractivity contribution >= 4 is 18.2 Å². The zero-order chi connectivity index (χ0) is 20.3. The highest BCUT2D eigenvalue weighted by Gasteiger charge is 2.37. The predicted molar refractivity (Wildman–Crippen MR) is 108 cm³/mol. The Morgan fingerprint density at radius 2 is 1.81 bits per heavy atom. The van der Waals surface area contributed by atoms with Crippen molar-refractivity contribution in [1.29, 1.82) is 0 Å². The van der Waals surface area contributed by atoms with Crippen molar-refractivity contribution in [3.8, 4) is 5.69 Å². The number of tetrazole rings is 1. The van der Waals surface area contributed by atoms with Gasteiger partial charge in [-0.15, -0.1) is 0 Å². The van der Waals surface area contributed by atoms with E-state index in [1.165, 1.54) is 4.68 Å². The smallest absolute Gasteiger partial charge is 0.272 e. The summed E-state index contributed by atoms with van der Waals surface area (Å²) in [6.45, 7) is 13.6. The van der Waals surface area contributed by atoms with E-state index in [1.54, 1.807) is 12.1 Å². The molecular weight excluding hydrogens is 380 g/mol. The topological polar surface area (TPSA) is 87.0 Å². The number of rotatable bonds is 8. The molecule has 0 aliphatic rings. The zero-order valence-electron chi connectivity index (χ0n) is 17.0. The van der Waals surface area contributed by atoms with Gasteiger partial charge >= 0.3 is 0 Å². The van der Waals surface area contributed by atoms with Gasteiger partial charge in [0.2, 0.25) is 9.84 Å². The van der Waals surface area contributed by atoms with Gasteiger partial charge in [-0.1, -0.05) is 51.0 Å². The Hall–Kier alpha value is -1.58. The predicted octanol–water partition coefficient (Wildman–Crippen LogP) is 3.48. The third-order valence-corrected chi connectivity index (χ3v) is 11.2. The van der Waals surface area contributed by atoms with Crippen molar-refractivity contribution in [2.24, 2.45) is 5.92 Å². The summed E-state index contributed by atoms with van der Waals surface area (Å²) in [4.78, 5) is 0. The van der Waals surface area contributed by atoms with Crippen molar-refractivity contribution in [3.63, 3.8) is 0 Å². The van der Waals surface area contributed by atoms with Gasteiger partial charge in [-0.2, -0.15) is 4.68 Å². The SMILES string of the molecule is C[C@@H](CCS(=O)(=O)c1nnnn1-c1ccccc1)CO[Si](C)(C)C(C)(C)C. The van der Waals surface area contributed by atoms with Gasteiger partial charge in [-0.05, 0) is 53.0 Å². The summed E-state index contributed by atoms with van der Waals surface area (Å²) in [5, 5.41) is 11.2. The molecular formula is C18H30N4O3SSi.